The van der Waals surface area contributed by atoms with Gasteiger partial charge in [0.15, 0.2) is 157 Å². The number of carbonyl (C=O) groups is 9. The van der Waals surface area contributed by atoms with Crippen LogP contribution in [0.1, 0.15) is 110 Å². The van der Waals surface area contributed by atoms with Crippen LogP contribution >= 0.6 is 0 Å². The van der Waals surface area contributed by atoms with Crippen molar-refractivity contribution in [2.45, 2.75) is 61.0 Å². The number of ether oxygens (including phenoxy) is 10. The Balaban J connectivity index is 1.08. The van der Waals surface area contributed by atoms with E-state index in [9.17, 15) is 167 Å². The van der Waals surface area contributed by atoms with E-state index < -0.39 is 367 Å². The monoisotopic (exact) mass is 1710 g/mol. The van der Waals surface area contributed by atoms with E-state index in [1.807, 2.05) is 0 Å². The summed E-state index contributed by atoms with van der Waals surface area (Å²) in [5.41, 5.74) is -20.7. The van der Waals surface area contributed by atoms with Crippen LogP contribution in [0, 0.1) is 0 Å². The lowest BCUT2D eigenvalue weighted by atomic mass is 9.73. The van der Waals surface area contributed by atoms with E-state index in [0.29, 0.717) is 54.6 Å². The third-order valence-corrected chi connectivity index (χ3v) is 19.3. The normalized spacial score (nSPS) is 19.7. The number of rotatable bonds is 13. The van der Waals surface area contributed by atoms with Gasteiger partial charge in [0.25, 0.3) is 0 Å². The lowest BCUT2D eigenvalue weighted by Crippen LogP contribution is -2.63. The van der Waals surface area contributed by atoms with E-state index in [2.05, 4.69) is 0 Å². The highest BCUT2D eigenvalue weighted by Gasteiger charge is 2.59. The SMILES string of the molecule is O=C(OC[C@@H]1O[C@H](OC(=O)c2cc(O)c(O)c(O)c2)[C@H](OC(=O)c2cc(O)c(O)c(O)c2)[C@@H](OC(=O)c2cc(O)c(O)c(O)c2[C@H]2c3c(O)c(O)c(O)c4c3C(=O)O[C@@H]2[C@@H]([C@H]2OC(=O)c3cc(O)c(O)c(O)c3-c3c(cc(O)c(O)c3O)C(=O)OC[C@H]2O)OC(=O)c2cc(O)c(O)c(O)c2-4)[C@@H]1OC(=O)c1cc(O)c(O)c(O)c1)c1cc(O)c(O)c(O)c1. The third kappa shape index (κ3) is 13.9. The van der Waals surface area contributed by atoms with Crippen molar-refractivity contribution in [3.05, 3.63) is 134 Å². The predicted octanol–water partition coefficient (Wildman–Crippen LogP) is 2.45. The van der Waals surface area contributed by atoms with E-state index in [-0.39, 0.29) is 18.2 Å². The van der Waals surface area contributed by atoms with Gasteiger partial charge in [0, 0.05) is 33.4 Å². The van der Waals surface area contributed by atoms with Gasteiger partial charge in [-0.15, -0.1) is 0 Å². The molecule has 1 fully saturated rings. The molecule has 0 radical (unpaired) electrons. The van der Waals surface area contributed by atoms with Gasteiger partial charge < -0.3 is 190 Å². The Hall–Kier alpha value is -17.3. The Morgan fingerprint density at radius 1 is 0.303 bits per heavy atom. The van der Waals surface area contributed by atoms with E-state index in [1.54, 1.807) is 0 Å². The number of aromatic hydroxyl groups is 27. The highest BCUT2D eigenvalue weighted by atomic mass is 16.8. The number of aliphatic hydroxyl groups excluding tert-OH is 1. The van der Waals surface area contributed by atoms with E-state index in [1.165, 1.54) is 0 Å². The minimum Gasteiger partial charge on any atom is -0.504 e. The van der Waals surface area contributed by atoms with Gasteiger partial charge >= 0.3 is 53.7 Å². The van der Waals surface area contributed by atoms with Crippen LogP contribution in [-0.4, -0.2) is 265 Å². The van der Waals surface area contributed by atoms with Crippen molar-refractivity contribution >= 4 is 53.7 Å². The van der Waals surface area contributed by atoms with Crippen LogP contribution in [0.3, 0.4) is 0 Å². The Kier molecular flexibility index (Phi) is 20.6. The van der Waals surface area contributed by atoms with Crippen molar-refractivity contribution in [1.82, 2.24) is 0 Å². The summed E-state index contributed by atoms with van der Waals surface area (Å²) in [4.78, 5) is 135. The Labute approximate surface area is 670 Å². The van der Waals surface area contributed by atoms with Crippen LogP contribution < -0.4 is 0 Å². The summed E-state index contributed by atoms with van der Waals surface area (Å²) in [6.07, 6.45) is -28.1. The number of phenols is 27. The van der Waals surface area contributed by atoms with E-state index in [4.69, 9.17) is 47.4 Å². The van der Waals surface area contributed by atoms with Crippen LogP contribution in [0.15, 0.2) is 72.8 Å². The molecular formula is C75H54O47. The maximum atomic E-state index is 16.4. The fourth-order valence-electron chi connectivity index (χ4n) is 13.6. The van der Waals surface area contributed by atoms with Gasteiger partial charge in [0.05, 0.1) is 56.0 Å². The molecule has 122 heavy (non-hydrogen) atoms. The zero-order chi connectivity index (χ0) is 89.2. The molecule has 47 nitrogen and oxygen atoms in total. The molecule has 2 bridgehead atoms. The fourth-order valence-corrected chi connectivity index (χ4v) is 13.6. The molecule has 0 amide bonds. The summed E-state index contributed by atoms with van der Waals surface area (Å²) in [6.45, 7) is -3.42. The molecule has 0 spiro atoms. The average Bonchev–Trinajstić information content (AvgIpc) is 0.717. The lowest BCUT2D eigenvalue weighted by Gasteiger charge is -2.44. The molecule has 4 aliphatic rings. The number of esters is 9. The minimum absolute atomic E-state index is 0.00338. The first kappa shape index (κ1) is 82.7. The second-order valence-electron chi connectivity index (χ2n) is 26.7. The number of hydrogen-bond acceptors (Lipinski definition) is 47. The van der Waals surface area contributed by atoms with Gasteiger partial charge in [-0.3, -0.25) is 0 Å². The molecule has 0 unspecified atom stereocenters. The first-order valence-electron chi connectivity index (χ1n) is 33.9. The van der Waals surface area contributed by atoms with Crippen molar-refractivity contribution in [3.63, 3.8) is 0 Å². The molecule has 9 aromatic rings. The summed E-state index contributed by atoms with van der Waals surface area (Å²) in [6, 6.07) is 3.68. The van der Waals surface area contributed by atoms with Crippen LogP contribution in [0.5, 0.6) is 155 Å². The van der Waals surface area contributed by atoms with Gasteiger partial charge in [-0.25, -0.2) is 43.2 Å². The molecule has 0 aromatic heterocycles. The van der Waals surface area contributed by atoms with E-state index >= 15 is 19.2 Å². The second-order valence-corrected chi connectivity index (χ2v) is 26.7. The molecule has 636 valence electrons. The molecule has 4 heterocycles. The maximum Gasteiger partial charge on any atom is 0.340 e. The summed E-state index contributed by atoms with van der Waals surface area (Å²) >= 11 is 0. The van der Waals surface area contributed by atoms with Crippen molar-refractivity contribution in [3.8, 4) is 177 Å². The number of carbonyl (C=O) groups excluding carboxylic acids is 9. The zero-order valence-corrected chi connectivity index (χ0v) is 59.9. The van der Waals surface area contributed by atoms with E-state index in [0.717, 1.165) is 0 Å². The van der Waals surface area contributed by atoms with Crippen molar-refractivity contribution in [2.24, 2.45) is 0 Å². The van der Waals surface area contributed by atoms with Gasteiger partial charge in [0.2, 0.25) is 41.1 Å². The Morgan fingerprint density at radius 3 is 1.08 bits per heavy atom. The molecule has 4 aliphatic heterocycles. The first-order chi connectivity index (χ1) is 57.3. The summed E-state index contributed by atoms with van der Waals surface area (Å²) in [5, 5.41) is 311. The molecule has 13 rings (SSSR count). The van der Waals surface area contributed by atoms with Crippen LogP contribution in [0.4, 0.5) is 0 Å². The Bertz CT molecular complexity index is 5990. The van der Waals surface area contributed by atoms with Crippen LogP contribution in [0.2, 0.25) is 0 Å². The standard InChI is InChI=1S/C75H54O47/c76-23-1-15(2-24(77)45(23)89)66(104)114-14-36-61(117-67(105)16-3-25(78)46(90)26(79)4-16)64(65(121-68(106)17-5-27(80)47(91)28(81)6-17)75(115-36)122-69(107)18-7-29(82)48(92)30(83)8-18)120-73(111)22-12-34(87)52(96)56(100)40(22)43-42-44-41(57(101)59(103)58(42)102)39-21(11-33(86)51(95)55(39)99)72(110)119-63(62(43)118-74(44)112)60-35(88)13-113-70(108)19-9-31(84)49(93)53(97)37(19)38-20(71(109)116-60)10-32(85)50(94)54(38)98/h1-12,35-36,43,60-65,75-103H,13-14H2/t35-,36+,43+,60+,61-,62+,63-,64+,65-,75-/m1/s1. The molecule has 0 aliphatic carbocycles. The number of phenolic OH excluding ortho intramolecular Hbond substituents is 27. The summed E-state index contributed by atoms with van der Waals surface area (Å²) < 4.78 is 57.3. The third-order valence-electron chi connectivity index (χ3n) is 19.3. The summed E-state index contributed by atoms with van der Waals surface area (Å²) in [7, 11) is 0. The lowest BCUT2D eigenvalue weighted by molar-refractivity contribution is -0.282. The molecule has 10 atom stereocenters. The fraction of sp³-hybridized carbons (Fsp3) is 0.160. The van der Waals surface area contributed by atoms with Gasteiger partial charge in [-0.1, -0.05) is 0 Å². The Morgan fingerprint density at radius 2 is 0.639 bits per heavy atom. The second kappa shape index (κ2) is 30.4. The smallest absolute Gasteiger partial charge is 0.340 e. The largest absolute Gasteiger partial charge is 0.504 e. The maximum absolute atomic E-state index is 16.4. The topological polar surface area (TPSA) is 812 Å². The highest BCUT2D eigenvalue weighted by Crippen LogP contribution is 2.62. The first-order valence-corrected chi connectivity index (χ1v) is 33.9. The van der Waals surface area contributed by atoms with Crippen LogP contribution in [0.25, 0.3) is 22.3 Å². The number of hydrogen-bond donors (Lipinski definition) is 28. The van der Waals surface area contributed by atoms with Crippen molar-refractivity contribution in [2.75, 3.05) is 13.2 Å². The molecular weight excluding hydrogens is 1650 g/mol. The number of cyclic esters (lactones) is 3. The van der Waals surface area contributed by atoms with Gasteiger partial charge in [0.1, 0.15) is 25.4 Å². The average molecular weight is 1710 g/mol. The molecule has 9 aromatic carbocycles. The number of benzene rings is 9. The molecule has 28 N–H and O–H groups in total. The van der Waals surface area contributed by atoms with Gasteiger partial charge in [-0.05, 0) is 72.8 Å². The quantitative estimate of drug-likeness (QED) is 0.0448. The predicted molar refractivity (Wildman–Crippen MR) is 379 cm³/mol. The zero-order valence-electron chi connectivity index (χ0n) is 59.9. The molecule has 1 saturated heterocycles. The van der Waals surface area contributed by atoms with Crippen LogP contribution in [-0.2, 0) is 47.4 Å². The summed E-state index contributed by atoms with van der Waals surface area (Å²) in [5.74, 6) is -63.6. The highest BCUT2D eigenvalue weighted by molar-refractivity contribution is 6.12. The molecule has 47 heteroatoms. The minimum atomic E-state index is -3.33. The van der Waals surface area contributed by atoms with Crippen molar-refractivity contribution < 1.29 is 234 Å². The molecule has 0 saturated carbocycles. The number of fused-ring (bicyclic) bond motifs is 7. The van der Waals surface area contributed by atoms with Gasteiger partial charge in [-0.2, -0.15) is 0 Å². The number of aliphatic hydroxyl groups is 1. The van der Waals surface area contributed by atoms with Crippen molar-refractivity contribution in [1.29, 1.82) is 0 Å².